The van der Waals surface area contributed by atoms with Crippen LogP contribution < -0.4 is 21.4 Å². The Morgan fingerprint density at radius 2 is 1.23 bits per heavy atom. The molecule has 12 heteroatoms. The molecule has 3 rings (SSSR count). The molecule has 0 aromatic heterocycles. The van der Waals surface area contributed by atoms with Crippen molar-refractivity contribution in [1.29, 1.82) is 0 Å². The number of hydrogen-bond acceptors (Lipinski definition) is 7. The summed E-state index contributed by atoms with van der Waals surface area (Å²) in [6.07, 6.45) is -0.174. The van der Waals surface area contributed by atoms with E-state index in [4.69, 9.17) is 4.74 Å². The van der Waals surface area contributed by atoms with Gasteiger partial charge in [-0.3, -0.25) is 9.59 Å². The lowest BCUT2D eigenvalue weighted by Gasteiger charge is -2.26. The topological polar surface area (TPSA) is 174 Å². The minimum atomic E-state index is -1.62. The number of hydrogen-bond donors (Lipinski definition) is 6. The number of amides is 3. The van der Waals surface area contributed by atoms with Crippen LogP contribution in [-0.4, -0.2) is 64.3 Å². The van der Waals surface area contributed by atoms with Crippen LogP contribution in [0.15, 0.2) is 84.9 Å². The molecule has 4 atom stereocenters. The summed E-state index contributed by atoms with van der Waals surface area (Å²) in [5.41, 5.74) is 2.36. The van der Waals surface area contributed by atoms with E-state index in [0.717, 1.165) is 11.1 Å². The van der Waals surface area contributed by atoms with E-state index in [2.05, 4.69) is 16.0 Å². The van der Waals surface area contributed by atoms with Crippen LogP contribution in [0, 0.1) is 5.92 Å². The second-order valence-corrected chi connectivity index (χ2v) is 10.5. The molecule has 0 fully saturated rings. The van der Waals surface area contributed by atoms with E-state index in [9.17, 15) is 34.3 Å². The molecular formula is C32H38BN3O8. The third kappa shape index (κ3) is 10.5. The number of ether oxygens (including phenoxy) is 1. The maximum absolute atomic E-state index is 13.6. The zero-order chi connectivity index (χ0) is 32.1. The van der Waals surface area contributed by atoms with E-state index in [1.807, 2.05) is 19.1 Å². The minimum Gasteiger partial charge on any atom is -0.480 e. The monoisotopic (exact) mass is 603 g/mol. The molecule has 0 heterocycles. The van der Waals surface area contributed by atoms with Crippen molar-refractivity contribution in [3.05, 3.63) is 102 Å². The second-order valence-electron chi connectivity index (χ2n) is 10.5. The molecule has 0 bridgehead atoms. The third-order valence-electron chi connectivity index (χ3n) is 7.23. The summed E-state index contributed by atoms with van der Waals surface area (Å²) < 4.78 is 5.31. The number of carbonyl (C=O) groups excluding carboxylic acids is 3. The van der Waals surface area contributed by atoms with Crippen LogP contribution in [0.5, 0.6) is 0 Å². The normalized spacial score (nSPS) is 13.5. The first-order valence-electron chi connectivity index (χ1n) is 14.4. The molecule has 0 unspecified atom stereocenters. The van der Waals surface area contributed by atoms with Crippen molar-refractivity contribution in [3.63, 3.8) is 0 Å². The molecule has 11 nitrogen and oxygen atoms in total. The van der Waals surface area contributed by atoms with Gasteiger partial charge in [0.1, 0.15) is 24.7 Å². The maximum atomic E-state index is 13.6. The molecule has 3 aromatic carbocycles. The van der Waals surface area contributed by atoms with Crippen LogP contribution in [0.25, 0.3) is 0 Å². The highest BCUT2D eigenvalue weighted by molar-refractivity contribution is 6.58. The molecular weight excluding hydrogens is 565 g/mol. The van der Waals surface area contributed by atoms with Crippen molar-refractivity contribution in [1.82, 2.24) is 16.0 Å². The lowest BCUT2D eigenvalue weighted by molar-refractivity contribution is -0.143. The summed E-state index contributed by atoms with van der Waals surface area (Å²) in [5.74, 6) is -2.84. The molecule has 0 aliphatic heterocycles. The molecule has 0 saturated carbocycles. The van der Waals surface area contributed by atoms with Gasteiger partial charge in [-0.1, -0.05) is 105 Å². The van der Waals surface area contributed by atoms with E-state index in [0.29, 0.717) is 12.0 Å². The van der Waals surface area contributed by atoms with Crippen LogP contribution in [0.4, 0.5) is 4.79 Å². The van der Waals surface area contributed by atoms with E-state index >= 15 is 0 Å². The molecule has 0 aliphatic rings. The van der Waals surface area contributed by atoms with Gasteiger partial charge in [-0.2, -0.15) is 0 Å². The highest BCUT2D eigenvalue weighted by Crippen LogP contribution is 2.11. The minimum absolute atomic E-state index is 0.0896. The van der Waals surface area contributed by atoms with Crippen molar-refractivity contribution in [2.75, 3.05) is 0 Å². The molecule has 6 N–H and O–H groups in total. The van der Waals surface area contributed by atoms with Crippen molar-refractivity contribution in [2.24, 2.45) is 5.92 Å². The Hall–Kier alpha value is -4.68. The first-order chi connectivity index (χ1) is 21.1. The highest BCUT2D eigenvalue weighted by Gasteiger charge is 2.32. The van der Waals surface area contributed by atoms with Crippen molar-refractivity contribution in [2.45, 2.75) is 57.8 Å². The largest absolute Gasteiger partial charge is 0.488 e. The fourth-order valence-electron chi connectivity index (χ4n) is 4.45. The highest BCUT2D eigenvalue weighted by atomic mass is 16.5. The number of carboxylic acid groups (broad SMARTS) is 1. The lowest BCUT2D eigenvalue weighted by Crippen LogP contribution is -2.57. The van der Waals surface area contributed by atoms with Crippen LogP contribution in [-0.2, 0) is 38.6 Å². The Morgan fingerprint density at radius 1 is 0.727 bits per heavy atom. The molecule has 44 heavy (non-hydrogen) atoms. The molecule has 0 aliphatic carbocycles. The second kappa shape index (κ2) is 16.8. The van der Waals surface area contributed by atoms with Crippen molar-refractivity contribution < 1.29 is 39.1 Å². The Bertz CT molecular complexity index is 1370. The number of aliphatic carboxylic acids is 1. The third-order valence-corrected chi connectivity index (χ3v) is 7.23. The number of carboxylic acids is 1. The van der Waals surface area contributed by atoms with Crippen LogP contribution >= 0.6 is 0 Å². The van der Waals surface area contributed by atoms with Crippen molar-refractivity contribution >= 4 is 36.5 Å². The van der Waals surface area contributed by atoms with E-state index in [1.165, 1.54) is 12.1 Å². The summed E-state index contributed by atoms with van der Waals surface area (Å²) in [4.78, 5) is 51.8. The first kappa shape index (κ1) is 33.8. The standard InChI is InChI=1S/C32H38BN3O8/c1-3-21(2)28(31(39)40)36-30(38)26(18-22-10-6-4-7-11-22)34-29(37)27(19-23-12-8-5-9-13-23)35-32(41)44-20-24-14-16-25(17-15-24)33(42)43/h4-17,21,26-28,42-43H,3,18-20H2,1-2H3,(H,34,37)(H,35,41)(H,36,38)(H,39,40)/t21-,26-,27-,28-/m0/s1. The molecule has 3 aromatic rings. The summed E-state index contributed by atoms with van der Waals surface area (Å²) in [6, 6.07) is 20.7. The smallest absolute Gasteiger partial charge is 0.480 e. The van der Waals surface area contributed by atoms with E-state index in [1.54, 1.807) is 67.6 Å². The first-order valence-corrected chi connectivity index (χ1v) is 14.4. The number of alkyl carbamates (subject to hydrolysis) is 1. The SMILES string of the molecule is CC[C@H](C)[C@H](NC(=O)[C@H](Cc1ccccc1)NC(=O)[C@H](Cc1ccccc1)NC(=O)OCc1ccc(B(O)O)cc1)C(=O)O. The Morgan fingerprint density at radius 3 is 1.70 bits per heavy atom. The number of carbonyl (C=O) groups is 4. The van der Waals surface area contributed by atoms with E-state index in [-0.39, 0.29) is 30.8 Å². The molecule has 232 valence electrons. The number of rotatable bonds is 15. The predicted octanol–water partition coefficient (Wildman–Crippen LogP) is 1.55. The summed E-state index contributed by atoms with van der Waals surface area (Å²) in [6.45, 7) is 3.40. The van der Waals surface area contributed by atoms with Gasteiger partial charge in [-0.05, 0) is 28.1 Å². The summed E-state index contributed by atoms with van der Waals surface area (Å²) in [7, 11) is -1.62. The predicted molar refractivity (Wildman–Crippen MR) is 165 cm³/mol. The van der Waals surface area contributed by atoms with Crippen LogP contribution in [0.1, 0.15) is 37.0 Å². The van der Waals surface area contributed by atoms with Crippen LogP contribution in [0.2, 0.25) is 0 Å². The fourth-order valence-corrected chi connectivity index (χ4v) is 4.45. The zero-order valence-electron chi connectivity index (χ0n) is 24.7. The number of benzene rings is 3. The molecule has 0 radical (unpaired) electrons. The van der Waals surface area contributed by atoms with E-state index < -0.39 is 49.1 Å². The Balaban J connectivity index is 1.78. The Kier molecular flexibility index (Phi) is 12.9. The zero-order valence-corrected chi connectivity index (χ0v) is 24.7. The van der Waals surface area contributed by atoms with Gasteiger partial charge in [-0.25, -0.2) is 9.59 Å². The van der Waals surface area contributed by atoms with Gasteiger partial charge < -0.3 is 35.8 Å². The van der Waals surface area contributed by atoms with Gasteiger partial charge in [0.25, 0.3) is 0 Å². The summed E-state index contributed by atoms with van der Waals surface area (Å²) in [5, 5.41) is 36.1. The van der Waals surface area contributed by atoms with Gasteiger partial charge in [0.15, 0.2) is 0 Å². The Labute approximate surface area is 256 Å². The molecule has 3 amide bonds. The average Bonchev–Trinajstić information content (AvgIpc) is 3.02. The lowest BCUT2D eigenvalue weighted by atomic mass is 9.80. The molecule has 0 saturated heterocycles. The number of nitrogens with one attached hydrogen (secondary N) is 3. The van der Waals surface area contributed by atoms with Crippen molar-refractivity contribution in [3.8, 4) is 0 Å². The van der Waals surface area contributed by atoms with Gasteiger partial charge in [0.2, 0.25) is 11.8 Å². The van der Waals surface area contributed by atoms with Crippen LogP contribution in [0.3, 0.4) is 0 Å². The fraction of sp³-hybridized carbons (Fsp3) is 0.312. The van der Waals surface area contributed by atoms with Gasteiger partial charge in [-0.15, -0.1) is 0 Å². The quantitative estimate of drug-likeness (QED) is 0.142. The maximum Gasteiger partial charge on any atom is 0.488 e. The van der Waals surface area contributed by atoms with Gasteiger partial charge in [0, 0.05) is 12.8 Å². The van der Waals surface area contributed by atoms with Gasteiger partial charge >= 0.3 is 19.2 Å². The van der Waals surface area contributed by atoms with Gasteiger partial charge in [0.05, 0.1) is 0 Å². The molecule has 0 spiro atoms. The summed E-state index contributed by atoms with van der Waals surface area (Å²) >= 11 is 0. The average molecular weight is 603 g/mol.